The lowest BCUT2D eigenvalue weighted by atomic mass is 9.78. The molecule has 0 amide bonds. The first-order valence-electron chi connectivity index (χ1n) is 48.9. The molecule has 2 aromatic rings. The van der Waals surface area contributed by atoms with Crippen LogP contribution in [0.4, 0.5) is 0 Å². The van der Waals surface area contributed by atoms with E-state index in [1.165, 1.54) is 22.3 Å². The molecule has 18 heterocycles. The maximum absolute atomic E-state index is 10.3. The molecule has 134 heavy (non-hydrogen) atoms. The predicted octanol–water partition coefficient (Wildman–Crippen LogP) is 16.5. The molecule has 2 aromatic carbocycles. The molecule has 18 fully saturated rings. The molecule has 20 rings (SSSR count). The van der Waals surface area contributed by atoms with Crippen molar-refractivity contribution in [2.24, 2.45) is 41.4 Å². The number of rotatable bonds is 30. The molecule has 754 valence electrons. The highest BCUT2D eigenvalue weighted by molar-refractivity contribution is 7.52. The lowest BCUT2D eigenvalue weighted by Gasteiger charge is -2.47. The summed E-state index contributed by atoms with van der Waals surface area (Å²) in [6.07, 6.45) is 22.6. The topological polar surface area (TPSA) is 334 Å². The SMILES string of the molecule is C.C.C.C=C1C(C[C@@H]2O[C@H](C[C@H](C)CO[Si](C)(C)C(C)(C)C)[C@H](C)[C@H]2Cc2ccccc2)OC(CC[C@@H]2O[C@@H](CC[C@@]34C[C@H]5O[C@H]6C(O3)[C@H]3O[C@@H](CC)CC[C@@H]3O[C@H]6C5O4)CC2=C)C[C@H]1C.C=C1C(C[C@@H]2O[C@H](C[C@H](O)CO)[C@H](C)[C@H]2Cc2ccccc2)OC(CC[C@@H]2O[C@@H](CC[C@@]34C[C@H]5O[C@H]6C(O3)[C@H]3O[C@@H](CC)CC[C@@H]3O[C@H]6C5O4)CC2=C)C[C@H]1C.O=C=O.O=C=O.O=S=O.O=S=O. The van der Waals surface area contributed by atoms with Gasteiger partial charge >= 0.3 is 35.4 Å². The van der Waals surface area contributed by atoms with Crippen molar-refractivity contribution in [3.05, 3.63) is 120 Å². The number of hydrogen-bond acceptors (Lipinski definition) is 27. The third-order valence-electron chi connectivity index (χ3n) is 32.4. The van der Waals surface area contributed by atoms with Crippen LogP contribution in [0.1, 0.15) is 257 Å². The summed E-state index contributed by atoms with van der Waals surface area (Å²) < 4.78 is 148. The fourth-order valence-corrected chi connectivity index (χ4v) is 25.2. The van der Waals surface area contributed by atoms with Crippen LogP contribution in [0, 0.1) is 41.4 Å². The molecule has 0 radical (unpaired) electrons. The van der Waals surface area contributed by atoms with E-state index in [1.54, 1.807) is 0 Å². The Labute approximate surface area is 805 Å². The van der Waals surface area contributed by atoms with Crippen molar-refractivity contribution in [1.82, 2.24) is 0 Å². The number of aliphatic hydroxyl groups is 2. The molecule has 18 aliphatic rings. The van der Waals surface area contributed by atoms with E-state index >= 15 is 0 Å². The van der Waals surface area contributed by atoms with Crippen LogP contribution < -0.4 is 0 Å². The summed E-state index contributed by atoms with van der Waals surface area (Å²) in [5.41, 5.74) is 7.38. The fraction of sp³-hybridized carbons (Fsp3) is 0.788. The first kappa shape index (κ1) is 111. The van der Waals surface area contributed by atoms with Crippen molar-refractivity contribution in [3.8, 4) is 0 Å². The highest BCUT2D eigenvalue weighted by Gasteiger charge is 2.71. The molecular weight excluding hydrogens is 1770 g/mol. The van der Waals surface area contributed by atoms with Crippen LogP contribution in [-0.2, 0) is 135 Å². The Morgan fingerprint density at radius 3 is 1.22 bits per heavy atom. The van der Waals surface area contributed by atoms with E-state index in [4.69, 9.17) is 116 Å². The fourth-order valence-electron chi connectivity index (χ4n) is 24.1. The van der Waals surface area contributed by atoms with Gasteiger partial charge in [-0.25, -0.2) is 0 Å². The Kier molecular flexibility index (Phi) is 41.3. The Morgan fingerprint density at radius 1 is 0.470 bits per heavy atom. The van der Waals surface area contributed by atoms with E-state index in [9.17, 15) is 10.2 Å². The lowest BCUT2D eigenvalue weighted by molar-refractivity contribution is -0.293. The maximum Gasteiger partial charge on any atom is 0.373 e. The predicted molar refractivity (Wildman–Crippen MR) is 505 cm³/mol. The van der Waals surface area contributed by atoms with Crippen LogP contribution in [0.2, 0.25) is 18.1 Å². The van der Waals surface area contributed by atoms with E-state index in [2.05, 4.69) is 163 Å². The molecule has 30 heteroatoms. The van der Waals surface area contributed by atoms with Gasteiger partial charge in [-0.3, -0.25) is 0 Å². The maximum atomic E-state index is 10.3. The van der Waals surface area contributed by atoms with Gasteiger partial charge in [-0.2, -0.15) is 36.0 Å². The minimum atomic E-state index is -1.82. The Morgan fingerprint density at radius 2 is 0.836 bits per heavy atom. The van der Waals surface area contributed by atoms with Gasteiger partial charge in [0.05, 0.1) is 123 Å². The number of aliphatic hydroxyl groups excluding tert-OH is 2. The van der Waals surface area contributed by atoms with Gasteiger partial charge in [-0.15, -0.1) is 0 Å². The Hall–Kier alpha value is -4.74. The molecule has 12 bridgehead atoms. The third kappa shape index (κ3) is 26.2. The average molecular weight is 1930 g/mol. The van der Waals surface area contributed by atoms with E-state index in [0.717, 1.165) is 178 Å². The van der Waals surface area contributed by atoms with Crippen molar-refractivity contribution < 1.29 is 126 Å². The molecule has 38 atom stereocenters. The van der Waals surface area contributed by atoms with Gasteiger partial charge in [-0.1, -0.05) is 178 Å². The number of fused-ring (bicyclic) bond motifs is 2. The van der Waals surface area contributed by atoms with Crippen molar-refractivity contribution >= 4 is 43.8 Å². The molecule has 2 N–H and O–H groups in total. The van der Waals surface area contributed by atoms with E-state index in [-0.39, 0.29) is 229 Å². The molecule has 0 saturated carbocycles. The lowest BCUT2D eigenvalue weighted by Crippen LogP contribution is -2.61. The highest BCUT2D eigenvalue weighted by atomic mass is 32.1. The van der Waals surface area contributed by atoms with Gasteiger partial charge < -0.3 is 90.4 Å². The molecule has 27 nitrogen and oxygen atoms in total. The van der Waals surface area contributed by atoms with Crippen LogP contribution in [0.3, 0.4) is 0 Å². The van der Waals surface area contributed by atoms with E-state index < -0.39 is 49.1 Å². The summed E-state index contributed by atoms with van der Waals surface area (Å²) in [5, 5.41) is 20.1. The summed E-state index contributed by atoms with van der Waals surface area (Å²) in [4.78, 5) is 32.5. The van der Waals surface area contributed by atoms with Gasteiger partial charge in [0.1, 0.15) is 61.0 Å². The van der Waals surface area contributed by atoms with Crippen molar-refractivity contribution in [2.45, 2.75) is 465 Å². The zero-order valence-corrected chi connectivity index (χ0v) is 81.7. The molecule has 0 aliphatic carbocycles. The van der Waals surface area contributed by atoms with Crippen LogP contribution in [-0.4, -0.2) is 249 Å². The monoisotopic (exact) mass is 1930 g/mol. The summed E-state index contributed by atoms with van der Waals surface area (Å²) >= 11 is -1.50. The minimum absolute atomic E-state index is 0. The van der Waals surface area contributed by atoms with E-state index in [1.807, 2.05) is 6.07 Å². The van der Waals surface area contributed by atoms with Crippen LogP contribution in [0.25, 0.3) is 0 Å². The molecule has 18 aliphatic heterocycles. The van der Waals surface area contributed by atoms with Crippen LogP contribution >= 0.6 is 0 Å². The second-order valence-electron chi connectivity index (χ2n) is 42.0. The smallest absolute Gasteiger partial charge is 0.373 e. The zero-order chi connectivity index (χ0) is 94.0. The van der Waals surface area contributed by atoms with Crippen LogP contribution in [0.5, 0.6) is 0 Å². The minimum Gasteiger partial charge on any atom is -0.417 e. The first-order chi connectivity index (χ1) is 62.7. The quantitative estimate of drug-likeness (QED) is 0.0542. The highest BCUT2D eigenvalue weighted by Crippen LogP contribution is 2.58. The summed E-state index contributed by atoms with van der Waals surface area (Å²) in [5.74, 6) is 1.12. The average Bonchev–Trinajstić information content (AvgIpc) is 1.55. The van der Waals surface area contributed by atoms with Gasteiger partial charge in [0.15, 0.2) is 19.9 Å². The Bertz CT molecular complexity index is 4160. The molecule has 0 aromatic heterocycles. The summed E-state index contributed by atoms with van der Waals surface area (Å²) in [7, 11) is -1.82. The number of benzene rings is 2. The van der Waals surface area contributed by atoms with Crippen molar-refractivity contribution in [3.63, 3.8) is 0 Å². The van der Waals surface area contributed by atoms with Crippen molar-refractivity contribution in [1.29, 1.82) is 0 Å². The van der Waals surface area contributed by atoms with Gasteiger partial charge in [0, 0.05) is 51.6 Å². The largest absolute Gasteiger partial charge is 0.417 e. The molecule has 8 unspecified atom stereocenters. The van der Waals surface area contributed by atoms with Gasteiger partial charge in [0.2, 0.25) is 0 Å². The van der Waals surface area contributed by atoms with Crippen molar-refractivity contribution in [2.75, 3.05) is 13.2 Å². The van der Waals surface area contributed by atoms with Crippen LogP contribution in [0.15, 0.2) is 109 Å². The normalized spacial score (nSPS) is 40.8. The number of hydrogen-bond donors (Lipinski definition) is 2. The number of carbonyl (C=O) groups excluding carboxylic acids is 4. The van der Waals surface area contributed by atoms with Gasteiger partial charge in [0.25, 0.3) is 0 Å². The molecular formula is C104H160O27S2Si. The molecule has 18 saturated heterocycles. The first-order valence-corrected chi connectivity index (χ1v) is 53.1. The Balaban J connectivity index is 0.000000245. The number of ether oxygens (including phenoxy) is 16. The summed E-state index contributed by atoms with van der Waals surface area (Å²) in [6.45, 7) is 46.3. The third-order valence-corrected chi connectivity index (χ3v) is 36.9. The standard InChI is InChI=1S/C53H82O9Si.C46H66O10.2CO2.3CH4.2O2S/c1-12-37-18-21-42-47(57-37)51-50-49(59-42)48-46(60-50)29-53(61-48,62-51)23-22-39-26-33(4)41(55-39)20-19-38-25-32(3)34(5)44(56-38)28-45-40(27-36-16-14-13-15-17-36)35(6)43(58-45)24-31(2)30-54-63(10,11)52(7,8)9;1-6-31-12-15-36-41(51-31)45-44-43(53-36)42-40(54-44)23-46(55-42,56-45)17-16-33-19-26(3)35(49-33)14-13-32-18-25(2)27(4)38(50-32)22-39-34(20-29-10-8-7-9-11-29)28(5)37(52-39)21-30(48)24-47;2*2-1-3;;;;2*1-3-2/h13-17,31-32,35,37-51H,4-5,12,18-30H2,1-3,6-11H3;7-11,25,28,30-45,47-48H,3-4,6,12-24H2,1-2,5H3;;;3*1H4;;/t31-,32+,35+,37-,38?,39-,40+,41-,42-,43+,44?,45-,46+,47-,48?,49-,50+,51?,53-;25-,28-,30+,31+,32?,33+,34-,35+,36+,37-,38?,39+,40-,41+,42?,43+,44-,45?,46+;;;;;;;/m01......./s1. The summed E-state index contributed by atoms with van der Waals surface area (Å²) in [6, 6.07) is 21.6. The van der Waals surface area contributed by atoms with Gasteiger partial charge in [-0.05, 0) is 215 Å². The second kappa shape index (κ2) is 49.8. The second-order valence-corrected chi connectivity index (χ2v) is 47.1. The zero-order valence-electron chi connectivity index (χ0n) is 79.1. The van der Waals surface area contributed by atoms with E-state index in [0.29, 0.717) is 36.0 Å². The molecule has 0 spiro atoms.